The van der Waals surface area contributed by atoms with Crippen LogP contribution in [0.2, 0.25) is 0 Å². The Morgan fingerprint density at radius 2 is 1.48 bits per heavy atom. The van der Waals surface area contributed by atoms with E-state index in [4.69, 9.17) is 0 Å². The van der Waals surface area contributed by atoms with E-state index in [1.54, 1.807) is 6.07 Å². The molecule has 1 heterocycles. The van der Waals surface area contributed by atoms with Crippen molar-refractivity contribution in [1.82, 2.24) is 4.98 Å². The number of carbonyl (C=O) groups is 2. The zero-order chi connectivity index (χ0) is 19.4. The Kier molecular flexibility index (Phi) is 5.31. The van der Waals surface area contributed by atoms with Crippen LogP contribution in [0.1, 0.15) is 37.5 Å². The number of hydrogen-bond donors (Lipinski definition) is 2. The number of pyridine rings is 1. The second-order valence-electron chi connectivity index (χ2n) is 6.47. The predicted molar refractivity (Wildman–Crippen MR) is 107 cm³/mol. The standard InChI is InChI=1S/C22H21N3O2/c1-14-8-9-19(16(3)12-14)25-22(27)20-13-17(10-11-23-20)21(26)24-18-7-5-4-6-15(18)2/h4-13H,1-3H3,(H,24,26)(H,25,27). The van der Waals surface area contributed by atoms with Crippen LogP contribution >= 0.6 is 0 Å². The van der Waals surface area contributed by atoms with Gasteiger partial charge in [0, 0.05) is 23.1 Å². The molecule has 0 radical (unpaired) electrons. The van der Waals surface area contributed by atoms with E-state index in [0.29, 0.717) is 5.56 Å². The largest absolute Gasteiger partial charge is 0.322 e. The zero-order valence-corrected chi connectivity index (χ0v) is 15.5. The van der Waals surface area contributed by atoms with Crippen molar-refractivity contribution in [3.63, 3.8) is 0 Å². The van der Waals surface area contributed by atoms with Gasteiger partial charge in [-0.1, -0.05) is 35.9 Å². The third kappa shape index (κ3) is 4.39. The molecule has 0 saturated carbocycles. The number of anilines is 2. The fourth-order valence-electron chi connectivity index (χ4n) is 2.74. The highest BCUT2D eigenvalue weighted by molar-refractivity contribution is 6.08. The average Bonchev–Trinajstić information content (AvgIpc) is 2.66. The zero-order valence-electron chi connectivity index (χ0n) is 15.5. The van der Waals surface area contributed by atoms with Crippen molar-refractivity contribution in [2.75, 3.05) is 10.6 Å². The summed E-state index contributed by atoms with van der Waals surface area (Å²) >= 11 is 0. The summed E-state index contributed by atoms with van der Waals surface area (Å²) in [5.74, 6) is -0.639. The summed E-state index contributed by atoms with van der Waals surface area (Å²) < 4.78 is 0. The molecule has 1 aromatic heterocycles. The smallest absolute Gasteiger partial charge is 0.274 e. The van der Waals surface area contributed by atoms with Gasteiger partial charge in [-0.3, -0.25) is 14.6 Å². The Bertz CT molecular complexity index is 1010. The molecular formula is C22H21N3O2. The van der Waals surface area contributed by atoms with Gasteiger partial charge in [0.15, 0.2) is 0 Å². The number of benzene rings is 2. The molecule has 0 aliphatic rings. The highest BCUT2D eigenvalue weighted by Crippen LogP contribution is 2.18. The van der Waals surface area contributed by atoms with Gasteiger partial charge >= 0.3 is 0 Å². The van der Waals surface area contributed by atoms with E-state index >= 15 is 0 Å². The van der Waals surface area contributed by atoms with Gasteiger partial charge in [-0.15, -0.1) is 0 Å². The lowest BCUT2D eigenvalue weighted by Gasteiger charge is -2.10. The fourth-order valence-corrected chi connectivity index (χ4v) is 2.74. The molecule has 5 heteroatoms. The van der Waals surface area contributed by atoms with Crippen molar-refractivity contribution in [3.8, 4) is 0 Å². The molecule has 3 aromatic rings. The molecule has 2 aromatic carbocycles. The van der Waals surface area contributed by atoms with E-state index in [1.165, 1.54) is 12.3 Å². The van der Waals surface area contributed by atoms with Crippen molar-refractivity contribution in [3.05, 3.63) is 88.7 Å². The fraction of sp³-hybridized carbons (Fsp3) is 0.136. The minimum atomic E-state index is -0.354. The third-order valence-electron chi connectivity index (χ3n) is 4.28. The number of rotatable bonds is 4. The molecule has 2 amide bonds. The van der Waals surface area contributed by atoms with Crippen LogP contribution in [-0.4, -0.2) is 16.8 Å². The molecule has 0 spiro atoms. The first-order valence-corrected chi connectivity index (χ1v) is 8.65. The number of amides is 2. The SMILES string of the molecule is Cc1ccc(NC(=O)c2cc(C(=O)Nc3ccccc3C)ccn2)c(C)c1. The van der Waals surface area contributed by atoms with Crippen LogP contribution in [-0.2, 0) is 0 Å². The summed E-state index contributed by atoms with van der Waals surface area (Å²) in [4.78, 5) is 29.2. The lowest BCUT2D eigenvalue weighted by Crippen LogP contribution is -2.17. The van der Waals surface area contributed by atoms with Crippen molar-refractivity contribution < 1.29 is 9.59 Å². The summed E-state index contributed by atoms with van der Waals surface area (Å²) in [5, 5.41) is 5.70. The lowest BCUT2D eigenvalue weighted by molar-refractivity contribution is 0.102. The maximum absolute atomic E-state index is 12.5. The molecule has 0 atom stereocenters. The lowest BCUT2D eigenvalue weighted by atomic mass is 10.1. The van der Waals surface area contributed by atoms with E-state index in [1.807, 2.05) is 63.2 Å². The van der Waals surface area contributed by atoms with Gasteiger partial charge in [0.25, 0.3) is 11.8 Å². The molecule has 0 saturated heterocycles. The molecule has 0 aliphatic carbocycles. The van der Waals surface area contributed by atoms with E-state index in [-0.39, 0.29) is 17.5 Å². The first-order chi connectivity index (χ1) is 12.9. The van der Waals surface area contributed by atoms with E-state index < -0.39 is 0 Å². The van der Waals surface area contributed by atoms with E-state index in [9.17, 15) is 9.59 Å². The molecule has 136 valence electrons. The summed E-state index contributed by atoms with van der Waals surface area (Å²) in [6, 6.07) is 16.4. The molecule has 3 rings (SSSR count). The first kappa shape index (κ1) is 18.3. The summed E-state index contributed by atoms with van der Waals surface area (Å²) in [7, 11) is 0. The van der Waals surface area contributed by atoms with Crippen molar-refractivity contribution in [2.24, 2.45) is 0 Å². The number of carbonyl (C=O) groups excluding carboxylic acids is 2. The predicted octanol–water partition coefficient (Wildman–Crippen LogP) is 4.51. The highest BCUT2D eigenvalue weighted by atomic mass is 16.2. The minimum absolute atomic E-state index is 0.187. The molecule has 27 heavy (non-hydrogen) atoms. The van der Waals surface area contributed by atoms with Crippen LogP contribution in [0.25, 0.3) is 0 Å². The third-order valence-corrected chi connectivity index (χ3v) is 4.28. The van der Waals surface area contributed by atoms with Crippen molar-refractivity contribution >= 4 is 23.2 Å². The van der Waals surface area contributed by atoms with Gasteiger partial charge in [-0.2, -0.15) is 0 Å². The maximum Gasteiger partial charge on any atom is 0.274 e. The Labute approximate surface area is 158 Å². The van der Waals surface area contributed by atoms with Gasteiger partial charge < -0.3 is 10.6 Å². The Morgan fingerprint density at radius 1 is 0.778 bits per heavy atom. The number of para-hydroxylation sites is 1. The van der Waals surface area contributed by atoms with Gasteiger partial charge in [-0.05, 0) is 56.2 Å². The highest BCUT2D eigenvalue weighted by Gasteiger charge is 2.13. The monoisotopic (exact) mass is 359 g/mol. The minimum Gasteiger partial charge on any atom is -0.322 e. The normalized spacial score (nSPS) is 10.3. The molecule has 0 bridgehead atoms. The van der Waals surface area contributed by atoms with Gasteiger partial charge in [0.05, 0.1) is 0 Å². The van der Waals surface area contributed by atoms with Crippen LogP contribution in [0.3, 0.4) is 0 Å². The van der Waals surface area contributed by atoms with Crippen LogP contribution in [0.4, 0.5) is 11.4 Å². The van der Waals surface area contributed by atoms with Crippen LogP contribution in [0.5, 0.6) is 0 Å². The second kappa shape index (κ2) is 7.83. The van der Waals surface area contributed by atoms with Crippen LogP contribution in [0.15, 0.2) is 60.8 Å². The topological polar surface area (TPSA) is 71.1 Å². The Balaban J connectivity index is 1.77. The number of hydrogen-bond acceptors (Lipinski definition) is 3. The second-order valence-corrected chi connectivity index (χ2v) is 6.47. The molecule has 0 fully saturated rings. The summed E-state index contributed by atoms with van der Waals surface area (Å²) in [6.45, 7) is 5.85. The number of aryl methyl sites for hydroxylation is 3. The maximum atomic E-state index is 12.5. The van der Waals surface area contributed by atoms with Crippen molar-refractivity contribution in [1.29, 1.82) is 0 Å². The molecule has 2 N–H and O–H groups in total. The quantitative estimate of drug-likeness (QED) is 0.720. The average molecular weight is 359 g/mol. The number of aromatic nitrogens is 1. The Hall–Kier alpha value is -3.47. The first-order valence-electron chi connectivity index (χ1n) is 8.65. The van der Waals surface area contributed by atoms with Crippen LogP contribution in [0, 0.1) is 20.8 Å². The number of nitrogens with one attached hydrogen (secondary N) is 2. The Morgan fingerprint density at radius 3 is 2.22 bits per heavy atom. The van der Waals surface area contributed by atoms with Gasteiger partial charge in [0.1, 0.15) is 5.69 Å². The summed E-state index contributed by atoms with van der Waals surface area (Å²) in [6.07, 6.45) is 1.46. The molecule has 5 nitrogen and oxygen atoms in total. The van der Waals surface area contributed by atoms with Crippen molar-refractivity contribution in [2.45, 2.75) is 20.8 Å². The number of nitrogens with zero attached hydrogens (tertiary/aromatic N) is 1. The van der Waals surface area contributed by atoms with E-state index in [0.717, 1.165) is 28.1 Å². The molecule has 0 aliphatic heterocycles. The van der Waals surface area contributed by atoms with Gasteiger partial charge in [-0.25, -0.2) is 0 Å². The van der Waals surface area contributed by atoms with Crippen LogP contribution < -0.4 is 10.6 Å². The summed E-state index contributed by atoms with van der Waals surface area (Å²) in [5.41, 5.74) is 5.08. The van der Waals surface area contributed by atoms with Gasteiger partial charge in [0.2, 0.25) is 0 Å². The molecular weight excluding hydrogens is 338 g/mol. The molecule has 0 unspecified atom stereocenters. The van der Waals surface area contributed by atoms with E-state index in [2.05, 4.69) is 15.6 Å².